The lowest BCUT2D eigenvalue weighted by Crippen LogP contribution is -2.45. The number of carbonyl (C=O) groups excluding carboxylic acids is 1. The van der Waals surface area contributed by atoms with Gasteiger partial charge in [-0.15, -0.1) is 0 Å². The maximum absolute atomic E-state index is 11.8. The van der Waals surface area contributed by atoms with Crippen molar-refractivity contribution in [1.82, 2.24) is 25.5 Å². The van der Waals surface area contributed by atoms with Gasteiger partial charge >= 0.3 is 6.01 Å². The molecular formula is C18H24N6O5. The molecule has 0 spiro atoms. The largest absolute Gasteiger partial charge is 0.423 e. The van der Waals surface area contributed by atoms with Crippen LogP contribution in [-0.2, 0) is 19.0 Å². The summed E-state index contributed by atoms with van der Waals surface area (Å²) in [5.41, 5.74) is 1.000. The normalized spacial score (nSPS) is 25.6. The van der Waals surface area contributed by atoms with E-state index in [2.05, 4.69) is 20.8 Å². The number of hydrogen-bond acceptors (Lipinski definition) is 9. The number of methoxy groups -OCH3 is 1. The maximum Gasteiger partial charge on any atom is 0.341 e. The fraction of sp³-hybridized carbons (Fsp3) is 0.556. The molecule has 0 saturated carbocycles. The van der Waals surface area contributed by atoms with Gasteiger partial charge in [0.1, 0.15) is 30.6 Å². The van der Waals surface area contributed by atoms with Crippen LogP contribution < -0.4 is 15.0 Å². The van der Waals surface area contributed by atoms with Crippen LogP contribution in [0.4, 0.5) is 5.69 Å². The van der Waals surface area contributed by atoms with E-state index in [4.69, 9.17) is 18.9 Å². The van der Waals surface area contributed by atoms with Crippen LogP contribution in [-0.4, -0.2) is 85.4 Å². The SMILES string of the molecule is COCC(=O)NC1COC2C1OCC2n1nnnc1Oc1cccc(N(C)C)c1. The van der Waals surface area contributed by atoms with E-state index in [0.717, 1.165) is 5.69 Å². The van der Waals surface area contributed by atoms with Crippen molar-refractivity contribution in [3.8, 4) is 11.8 Å². The Morgan fingerprint density at radius 3 is 2.93 bits per heavy atom. The Balaban J connectivity index is 1.47. The zero-order valence-corrected chi connectivity index (χ0v) is 16.5. The Bertz CT molecular complexity index is 859. The molecule has 2 aromatic rings. The summed E-state index contributed by atoms with van der Waals surface area (Å²) in [7, 11) is 5.39. The van der Waals surface area contributed by atoms with Gasteiger partial charge in [0.25, 0.3) is 0 Å². The number of hydrogen-bond donors (Lipinski definition) is 1. The highest BCUT2D eigenvalue weighted by atomic mass is 16.6. The molecule has 0 bridgehead atoms. The third kappa shape index (κ3) is 4.02. The van der Waals surface area contributed by atoms with E-state index in [-0.39, 0.29) is 42.8 Å². The summed E-state index contributed by atoms with van der Waals surface area (Å²) in [4.78, 5) is 13.8. The van der Waals surface area contributed by atoms with Gasteiger partial charge in [-0.2, -0.15) is 4.68 Å². The van der Waals surface area contributed by atoms with Crippen LogP contribution in [0.2, 0.25) is 0 Å². The fourth-order valence-corrected chi connectivity index (χ4v) is 3.58. The van der Waals surface area contributed by atoms with Crippen molar-refractivity contribution < 1.29 is 23.7 Å². The highest BCUT2D eigenvalue weighted by Crippen LogP contribution is 2.36. The van der Waals surface area contributed by atoms with E-state index in [1.54, 1.807) is 4.68 Å². The molecular weight excluding hydrogens is 380 g/mol. The molecule has 11 heteroatoms. The zero-order valence-electron chi connectivity index (χ0n) is 16.5. The Kier molecular flexibility index (Phi) is 5.60. The summed E-state index contributed by atoms with van der Waals surface area (Å²) in [5.74, 6) is 0.417. The van der Waals surface area contributed by atoms with E-state index in [9.17, 15) is 4.79 Å². The second-order valence-corrected chi connectivity index (χ2v) is 7.17. The lowest BCUT2D eigenvalue weighted by atomic mass is 10.1. The molecule has 2 fully saturated rings. The Labute approximate surface area is 167 Å². The third-order valence-corrected chi connectivity index (χ3v) is 4.97. The molecule has 4 unspecified atom stereocenters. The van der Waals surface area contributed by atoms with Gasteiger partial charge in [-0.25, -0.2) is 0 Å². The minimum Gasteiger partial charge on any atom is -0.423 e. The van der Waals surface area contributed by atoms with Gasteiger partial charge in [0, 0.05) is 33.0 Å². The second-order valence-electron chi connectivity index (χ2n) is 7.17. The highest BCUT2D eigenvalue weighted by molar-refractivity contribution is 5.77. The number of rotatable bonds is 7. The van der Waals surface area contributed by atoms with E-state index in [1.165, 1.54) is 7.11 Å². The van der Waals surface area contributed by atoms with E-state index >= 15 is 0 Å². The fourth-order valence-electron chi connectivity index (χ4n) is 3.58. The highest BCUT2D eigenvalue weighted by Gasteiger charge is 2.50. The summed E-state index contributed by atoms with van der Waals surface area (Å²) >= 11 is 0. The maximum atomic E-state index is 11.8. The van der Waals surface area contributed by atoms with Gasteiger partial charge in [-0.05, 0) is 22.6 Å². The molecule has 4 atom stereocenters. The standard InChI is InChI=1S/C18H24N6O5/c1-23(2)11-5-4-6-12(7-11)29-18-20-21-22-24(18)14-9-28-16-13(8-27-17(14)16)19-15(25)10-26-3/h4-7,13-14,16-17H,8-10H2,1-3H3,(H,19,25). The molecule has 11 nitrogen and oxygen atoms in total. The average molecular weight is 404 g/mol. The molecule has 2 aliphatic rings. The molecule has 156 valence electrons. The molecule has 0 radical (unpaired) electrons. The zero-order chi connectivity index (χ0) is 20.4. The number of tetrazole rings is 1. The van der Waals surface area contributed by atoms with Crippen LogP contribution in [0.3, 0.4) is 0 Å². The molecule has 3 heterocycles. The number of fused-ring (bicyclic) bond motifs is 1. The van der Waals surface area contributed by atoms with Crippen LogP contribution in [0.25, 0.3) is 0 Å². The third-order valence-electron chi connectivity index (χ3n) is 4.97. The number of nitrogens with zero attached hydrogens (tertiary/aromatic N) is 5. The first kappa shape index (κ1) is 19.6. The average Bonchev–Trinajstić information content (AvgIpc) is 3.40. The van der Waals surface area contributed by atoms with Crippen LogP contribution in [0.5, 0.6) is 11.8 Å². The van der Waals surface area contributed by atoms with Crippen molar-refractivity contribution in [2.75, 3.05) is 45.9 Å². The first-order valence-electron chi connectivity index (χ1n) is 9.31. The van der Waals surface area contributed by atoms with Crippen LogP contribution >= 0.6 is 0 Å². The predicted molar refractivity (Wildman–Crippen MR) is 101 cm³/mol. The molecule has 4 rings (SSSR count). The van der Waals surface area contributed by atoms with Crippen molar-refractivity contribution in [1.29, 1.82) is 0 Å². The quantitative estimate of drug-likeness (QED) is 0.681. The first-order chi connectivity index (χ1) is 14.1. The Morgan fingerprint density at radius 2 is 2.14 bits per heavy atom. The molecule has 29 heavy (non-hydrogen) atoms. The van der Waals surface area contributed by atoms with Crippen LogP contribution in [0.15, 0.2) is 24.3 Å². The first-order valence-corrected chi connectivity index (χ1v) is 9.31. The minimum absolute atomic E-state index is 0.00564. The molecule has 0 aliphatic carbocycles. The Morgan fingerprint density at radius 1 is 1.31 bits per heavy atom. The molecule has 1 aromatic carbocycles. The monoisotopic (exact) mass is 404 g/mol. The number of aromatic nitrogens is 4. The van der Waals surface area contributed by atoms with Crippen molar-refractivity contribution in [2.24, 2.45) is 0 Å². The summed E-state index contributed by atoms with van der Waals surface area (Å²) in [6, 6.07) is 7.38. The number of nitrogens with one attached hydrogen (secondary N) is 1. The van der Waals surface area contributed by atoms with Gasteiger partial charge in [-0.3, -0.25) is 4.79 Å². The number of anilines is 1. The van der Waals surface area contributed by atoms with E-state index in [1.807, 2.05) is 43.3 Å². The summed E-state index contributed by atoms with van der Waals surface area (Å²) in [5, 5.41) is 14.7. The molecule has 2 aliphatic heterocycles. The number of amides is 1. The van der Waals surface area contributed by atoms with Gasteiger partial charge in [0.15, 0.2) is 0 Å². The van der Waals surface area contributed by atoms with E-state index < -0.39 is 0 Å². The second kappa shape index (κ2) is 8.31. The van der Waals surface area contributed by atoms with E-state index in [0.29, 0.717) is 19.0 Å². The smallest absolute Gasteiger partial charge is 0.341 e. The topological polar surface area (TPSA) is 113 Å². The lowest BCUT2D eigenvalue weighted by molar-refractivity contribution is -0.126. The van der Waals surface area contributed by atoms with Gasteiger partial charge in [-0.1, -0.05) is 11.2 Å². The van der Waals surface area contributed by atoms with Gasteiger partial charge < -0.3 is 29.2 Å². The number of ether oxygens (including phenoxy) is 4. The summed E-state index contributed by atoms with van der Waals surface area (Å²) < 4.78 is 24.2. The molecule has 1 N–H and O–H groups in total. The molecule has 2 saturated heterocycles. The van der Waals surface area contributed by atoms with Crippen molar-refractivity contribution in [3.63, 3.8) is 0 Å². The Hall–Kier alpha value is -2.76. The summed E-state index contributed by atoms with van der Waals surface area (Å²) in [6.07, 6.45) is -0.572. The van der Waals surface area contributed by atoms with Gasteiger partial charge in [0.2, 0.25) is 5.91 Å². The number of benzene rings is 1. The minimum atomic E-state index is -0.290. The molecule has 1 amide bonds. The van der Waals surface area contributed by atoms with Crippen molar-refractivity contribution in [3.05, 3.63) is 24.3 Å². The van der Waals surface area contributed by atoms with Crippen molar-refractivity contribution in [2.45, 2.75) is 24.3 Å². The van der Waals surface area contributed by atoms with Gasteiger partial charge in [0.05, 0.1) is 19.3 Å². The van der Waals surface area contributed by atoms with Crippen LogP contribution in [0, 0.1) is 0 Å². The van der Waals surface area contributed by atoms with Crippen LogP contribution in [0.1, 0.15) is 6.04 Å². The van der Waals surface area contributed by atoms with Crippen molar-refractivity contribution >= 4 is 11.6 Å². The lowest BCUT2D eigenvalue weighted by Gasteiger charge is -2.18. The number of carbonyl (C=O) groups is 1. The summed E-state index contributed by atoms with van der Waals surface area (Å²) in [6.45, 7) is 0.698. The predicted octanol–water partition coefficient (Wildman–Crippen LogP) is 0.00130. The molecule has 1 aromatic heterocycles.